The van der Waals surface area contributed by atoms with Crippen LogP contribution in [0.4, 0.5) is 0 Å². The largest absolute Gasteiger partial charge is 0.493 e. The van der Waals surface area contributed by atoms with Gasteiger partial charge in [-0.1, -0.05) is 17.7 Å². The standard InChI is InChI=1S/C26H31ClN2O6S/c1-19(2)29(36(31,32)23-10-8-21(27)9-11-23)18-26(30)28(17-22-6-5-15-35-22)14-13-20-7-12-24(33-3)25(16-20)34-4/h5-12,15-16,19H,13-14,17-18H2,1-4H3. The zero-order valence-electron chi connectivity index (χ0n) is 20.8. The summed E-state index contributed by atoms with van der Waals surface area (Å²) < 4.78 is 44.0. The van der Waals surface area contributed by atoms with Crippen LogP contribution in [-0.4, -0.2) is 56.9 Å². The second kappa shape index (κ2) is 12.3. The first-order valence-electron chi connectivity index (χ1n) is 11.4. The third-order valence-electron chi connectivity index (χ3n) is 5.69. The predicted molar refractivity (Wildman–Crippen MR) is 138 cm³/mol. The van der Waals surface area contributed by atoms with Crippen molar-refractivity contribution in [3.63, 3.8) is 0 Å². The molecule has 1 aromatic heterocycles. The van der Waals surface area contributed by atoms with Crippen LogP contribution in [0.15, 0.2) is 70.2 Å². The average Bonchev–Trinajstić information content (AvgIpc) is 3.37. The van der Waals surface area contributed by atoms with Crippen molar-refractivity contribution < 1.29 is 27.1 Å². The molecule has 0 atom stereocenters. The molecule has 0 N–H and O–H groups in total. The number of hydrogen-bond acceptors (Lipinski definition) is 6. The van der Waals surface area contributed by atoms with E-state index in [1.54, 1.807) is 45.1 Å². The molecule has 0 aliphatic heterocycles. The molecule has 0 spiro atoms. The molecule has 1 amide bonds. The van der Waals surface area contributed by atoms with Gasteiger partial charge in [0.05, 0.1) is 38.5 Å². The van der Waals surface area contributed by atoms with Gasteiger partial charge >= 0.3 is 0 Å². The second-order valence-corrected chi connectivity index (χ2v) is 10.8. The Balaban J connectivity index is 1.82. The summed E-state index contributed by atoms with van der Waals surface area (Å²) in [7, 11) is -0.783. The molecule has 3 aromatic rings. The number of furan rings is 1. The predicted octanol–water partition coefficient (Wildman–Crippen LogP) is 4.62. The monoisotopic (exact) mass is 534 g/mol. The van der Waals surface area contributed by atoms with Gasteiger partial charge in [-0.25, -0.2) is 8.42 Å². The minimum atomic E-state index is -3.92. The first-order chi connectivity index (χ1) is 17.1. The van der Waals surface area contributed by atoms with Gasteiger partial charge < -0.3 is 18.8 Å². The Morgan fingerprint density at radius 2 is 1.72 bits per heavy atom. The molecule has 2 aromatic carbocycles. The molecule has 0 unspecified atom stereocenters. The molecule has 0 aliphatic rings. The Hall–Kier alpha value is -3.01. The Morgan fingerprint density at radius 3 is 2.31 bits per heavy atom. The molecule has 0 aliphatic carbocycles. The maximum Gasteiger partial charge on any atom is 0.243 e. The maximum absolute atomic E-state index is 13.5. The summed E-state index contributed by atoms with van der Waals surface area (Å²) in [5.74, 6) is 1.48. The zero-order valence-corrected chi connectivity index (χ0v) is 22.4. The van der Waals surface area contributed by atoms with E-state index in [4.69, 9.17) is 25.5 Å². The van der Waals surface area contributed by atoms with Crippen LogP contribution in [-0.2, 0) is 27.8 Å². The summed E-state index contributed by atoms with van der Waals surface area (Å²) in [4.78, 5) is 15.2. The number of methoxy groups -OCH3 is 2. The Morgan fingerprint density at radius 1 is 1.03 bits per heavy atom. The van der Waals surface area contributed by atoms with Gasteiger partial charge in [-0.2, -0.15) is 4.31 Å². The molecule has 0 fully saturated rings. The molecule has 36 heavy (non-hydrogen) atoms. The highest BCUT2D eigenvalue weighted by atomic mass is 35.5. The Bertz CT molecular complexity index is 1240. The molecule has 0 radical (unpaired) electrons. The van der Waals surface area contributed by atoms with Gasteiger partial charge in [0, 0.05) is 17.6 Å². The summed E-state index contributed by atoms with van der Waals surface area (Å²) in [6, 6.07) is 14.6. The highest BCUT2D eigenvalue weighted by Crippen LogP contribution is 2.28. The smallest absolute Gasteiger partial charge is 0.243 e. The van der Waals surface area contributed by atoms with Gasteiger partial charge in [-0.15, -0.1) is 0 Å². The van der Waals surface area contributed by atoms with E-state index in [0.717, 1.165) is 5.56 Å². The number of amides is 1. The van der Waals surface area contributed by atoms with Crippen LogP contribution in [0.5, 0.6) is 11.5 Å². The third kappa shape index (κ3) is 6.81. The fraction of sp³-hybridized carbons (Fsp3) is 0.346. The van der Waals surface area contributed by atoms with Crippen LogP contribution in [0.1, 0.15) is 25.2 Å². The number of halogens is 1. The van der Waals surface area contributed by atoms with Gasteiger partial charge in [-0.3, -0.25) is 4.79 Å². The van der Waals surface area contributed by atoms with Crippen LogP contribution >= 0.6 is 11.6 Å². The van der Waals surface area contributed by atoms with E-state index in [1.807, 2.05) is 18.2 Å². The van der Waals surface area contributed by atoms with Crippen LogP contribution in [0.25, 0.3) is 0 Å². The average molecular weight is 535 g/mol. The van der Waals surface area contributed by atoms with Crippen molar-refractivity contribution in [2.45, 2.75) is 37.8 Å². The normalized spacial score (nSPS) is 11.6. The summed E-state index contributed by atoms with van der Waals surface area (Å²) in [6.07, 6.45) is 2.07. The summed E-state index contributed by atoms with van der Waals surface area (Å²) in [5.41, 5.74) is 0.944. The molecule has 3 rings (SSSR count). The summed E-state index contributed by atoms with van der Waals surface area (Å²) in [5, 5.41) is 0.431. The molecule has 1 heterocycles. The highest BCUT2D eigenvalue weighted by molar-refractivity contribution is 7.89. The minimum absolute atomic E-state index is 0.0799. The number of ether oxygens (including phenoxy) is 2. The van der Waals surface area contributed by atoms with Crippen molar-refractivity contribution in [3.05, 3.63) is 77.2 Å². The van der Waals surface area contributed by atoms with Gasteiger partial charge in [0.1, 0.15) is 5.76 Å². The number of benzene rings is 2. The number of hydrogen-bond donors (Lipinski definition) is 0. The van der Waals surface area contributed by atoms with Crippen molar-refractivity contribution in [2.75, 3.05) is 27.3 Å². The molecule has 10 heteroatoms. The van der Waals surface area contributed by atoms with Crippen LogP contribution in [0, 0.1) is 0 Å². The van der Waals surface area contributed by atoms with E-state index in [0.29, 0.717) is 35.2 Å². The van der Waals surface area contributed by atoms with E-state index >= 15 is 0 Å². The lowest BCUT2D eigenvalue weighted by molar-refractivity contribution is -0.132. The lowest BCUT2D eigenvalue weighted by Crippen LogP contribution is -2.46. The first kappa shape index (κ1) is 27.6. The van der Waals surface area contributed by atoms with Crippen molar-refractivity contribution >= 4 is 27.5 Å². The number of rotatable bonds is 12. The molecule has 8 nitrogen and oxygen atoms in total. The van der Waals surface area contributed by atoms with Crippen molar-refractivity contribution in [3.8, 4) is 11.5 Å². The molecule has 0 saturated heterocycles. The zero-order chi connectivity index (χ0) is 26.3. The lowest BCUT2D eigenvalue weighted by Gasteiger charge is -2.29. The fourth-order valence-electron chi connectivity index (χ4n) is 3.70. The fourth-order valence-corrected chi connectivity index (χ4v) is 5.42. The van der Waals surface area contributed by atoms with Crippen LogP contribution < -0.4 is 9.47 Å². The maximum atomic E-state index is 13.5. The summed E-state index contributed by atoms with van der Waals surface area (Å²) >= 11 is 5.93. The van der Waals surface area contributed by atoms with Gasteiger partial charge in [0.25, 0.3) is 0 Å². The van der Waals surface area contributed by atoms with Gasteiger partial charge in [0.15, 0.2) is 11.5 Å². The molecule has 0 saturated carbocycles. The van der Waals surface area contributed by atoms with Gasteiger partial charge in [0.2, 0.25) is 15.9 Å². The molecular formula is C26H31ClN2O6S. The van der Waals surface area contributed by atoms with Crippen LogP contribution in [0.2, 0.25) is 5.02 Å². The number of sulfonamides is 1. The van der Waals surface area contributed by atoms with Crippen molar-refractivity contribution in [1.82, 2.24) is 9.21 Å². The van der Waals surface area contributed by atoms with Crippen molar-refractivity contribution in [1.29, 1.82) is 0 Å². The first-order valence-corrected chi connectivity index (χ1v) is 13.3. The number of nitrogens with zero attached hydrogens (tertiary/aromatic N) is 2. The van der Waals surface area contributed by atoms with E-state index in [1.165, 1.54) is 34.8 Å². The highest BCUT2D eigenvalue weighted by Gasteiger charge is 2.31. The number of carbonyl (C=O) groups is 1. The van der Waals surface area contributed by atoms with Crippen LogP contribution in [0.3, 0.4) is 0 Å². The topological polar surface area (TPSA) is 89.3 Å². The second-order valence-electron chi connectivity index (χ2n) is 8.43. The van der Waals surface area contributed by atoms with E-state index in [9.17, 15) is 13.2 Å². The molecule has 194 valence electrons. The molecule has 0 bridgehead atoms. The lowest BCUT2D eigenvalue weighted by atomic mass is 10.1. The SMILES string of the molecule is COc1ccc(CCN(Cc2ccco2)C(=O)CN(C(C)C)S(=O)(=O)c2ccc(Cl)cc2)cc1OC. The quantitative estimate of drug-likeness (QED) is 0.337. The van der Waals surface area contributed by atoms with E-state index in [2.05, 4.69) is 0 Å². The minimum Gasteiger partial charge on any atom is -0.493 e. The third-order valence-corrected chi connectivity index (χ3v) is 7.97. The molecular weight excluding hydrogens is 504 g/mol. The Labute approximate surface area is 217 Å². The number of carbonyl (C=O) groups excluding carboxylic acids is 1. The Kier molecular flexibility index (Phi) is 9.42. The summed E-state index contributed by atoms with van der Waals surface area (Å²) in [6.45, 7) is 3.73. The van der Waals surface area contributed by atoms with Gasteiger partial charge in [-0.05, 0) is 74.4 Å². The van der Waals surface area contributed by atoms with E-state index in [-0.39, 0.29) is 23.9 Å². The van der Waals surface area contributed by atoms with Crippen molar-refractivity contribution in [2.24, 2.45) is 0 Å². The van der Waals surface area contributed by atoms with E-state index < -0.39 is 16.1 Å².